The molecule has 0 aliphatic carbocycles. The summed E-state index contributed by atoms with van der Waals surface area (Å²) >= 11 is 6.13. The summed E-state index contributed by atoms with van der Waals surface area (Å²) in [6, 6.07) is 7.16. The third-order valence-electron chi connectivity index (χ3n) is 4.31. The van der Waals surface area contributed by atoms with Gasteiger partial charge in [0.1, 0.15) is 17.3 Å². The van der Waals surface area contributed by atoms with Gasteiger partial charge < -0.3 is 16.4 Å². The maximum Gasteiger partial charge on any atom is 0.245 e. The molecule has 7 nitrogen and oxygen atoms in total. The van der Waals surface area contributed by atoms with Crippen LogP contribution < -0.4 is 16.4 Å². The van der Waals surface area contributed by atoms with E-state index in [1.807, 2.05) is 0 Å². The molecule has 0 bridgehead atoms. The van der Waals surface area contributed by atoms with Crippen LogP contribution in [0.4, 0.5) is 11.5 Å². The Hall–Kier alpha value is -2.98. The van der Waals surface area contributed by atoms with Crippen LogP contribution in [0.3, 0.4) is 0 Å². The quantitative estimate of drug-likeness (QED) is 0.587. The molecule has 2 aromatic rings. The molecule has 8 heteroatoms. The van der Waals surface area contributed by atoms with Gasteiger partial charge in [-0.05, 0) is 25.1 Å². The smallest absolute Gasteiger partial charge is 0.245 e. The lowest BCUT2D eigenvalue weighted by atomic mass is 9.68. The van der Waals surface area contributed by atoms with E-state index in [9.17, 15) is 10.1 Å². The third kappa shape index (κ3) is 1.48. The highest BCUT2D eigenvalue weighted by molar-refractivity contribution is 6.31. The van der Waals surface area contributed by atoms with Gasteiger partial charge >= 0.3 is 0 Å². The van der Waals surface area contributed by atoms with Crippen LogP contribution in [-0.4, -0.2) is 16.1 Å². The van der Waals surface area contributed by atoms with Crippen molar-refractivity contribution in [1.29, 1.82) is 5.26 Å². The summed E-state index contributed by atoms with van der Waals surface area (Å²) < 4.78 is 0. The molecule has 23 heavy (non-hydrogen) atoms. The van der Waals surface area contributed by atoms with Gasteiger partial charge in [0.15, 0.2) is 5.82 Å². The zero-order valence-corrected chi connectivity index (χ0v) is 12.7. The summed E-state index contributed by atoms with van der Waals surface area (Å²) in [6.45, 7) is 1.79. The summed E-state index contributed by atoms with van der Waals surface area (Å²) in [7, 11) is 0. The molecule has 114 valence electrons. The van der Waals surface area contributed by atoms with Crippen molar-refractivity contribution < 1.29 is 4.79 Å². The number of aromatic amines is 1. The molecule has 3 heterocycles. The highest BCUT2D eigenvalue weighted by Gasteiger charge is 2.57. The van der Waals surface area contributed by atoms with Crippen molar-refractivity contribution in [2.45, 2.75) is 12.3 Å². The number of nitrogens with one attached hydrogen (secondary N) is 3. The maximum absolute atomic E-state index is 13.0. The van der Waals surface area contributed by atoms with E-state index in [4.69, 9.17) is 17.3 Å². The van der Waals surface area contributed by atoms with Crippen LogP contribution in [-0.2, 0) is 10.2 Å². The number of hydrogen-bond acceptors (Lipinski definition) is 5. The maximum atomic E-state index is 13.0. The van der Waals surface area contributed by atoms with Gasteiger partial charge in [-0.15, -0.1) is 0 Å². The lowest BCUT2D eigenvalue weighted by Gasteiger charge is -2.32. The number of aromatic nitrogens is 2. The van der Waals surface area contributed by atoms with Crippen molar-refractivity contribution in [3.05, 3.63) is 51.4 Å². The summed E-state index contributed by atoms with van der Waals surface area (Å²) in [5, 5.41) is 22.8. The molecule has 1 amide bonds. The summed E-state index contributed by atoms with van der Waals surface area (Å²) in [5.41, 5.74) is 7.25. The fourth-order valence-electron chi connectivity index (χ4n) is 3.41. The largest absolute Gasteiger partial charge is 0.384 e. The van der Waals surface area contributed by atoms with Gasteiger partial charge in [0, 0.05) is 27.5 Å². The highest BCUT2D eigenvalue weighted by atomic mass is 35.5. The van der Waals surface area contributed by atoms with Gasteiger partial charge in [0.25, 0.3) is 0 Å². The average Bonchev–Trinajstić information content (AvgIpc) is 3.00. The predicted octanol–water partition coefficient (Wildman–Crippen LogP) is 1.73. The molecule has 1 unspecified atom stereocenters. The minimum absolute atomic E-state index is 0.106. The first kappa shape index (κ1) is 13.7. The van der Waals surface area contributed by atoms with E-state index in [1.54, 1.807) is 25.1 Å². The molecule has 0 saturated carbocycles. The van der Waals surface area contributed by atoms with E-state index in [0.29, 0.717) is 33.3 Å². The molecule has 1 aromatic heterocycles. The van der Waals surface area contributed by atoms with E-state index in [2.05, 4.69) is 26.9 Å². The number of amides is 1. The van der Waals surface area contributed by atoms with Crippen LogP contribution in [0.25, 0.3) is 0 Å². The Labute approximate surface area is 136 Å². The van der Waals surface area contributed by atoms with Gasteiger partial charge in [-0.3, -0.25) is 9.89 Å². The molecule has 1 aromatic carbocycles. The Balaban J connectivity index is 2.19. The molecule has 4 rings (SSSR count). The van der Waals surface area contributed by atoms with Crippen LogP contribution in [0.1, 0.15) is 16.8 Å². The molecule has 0 radical (unpaired) electrons. The molecule has 0 saturated heterocycles. The van der Waals surface area contributed by atoms with Gasteiger partial charge in [-0.2, -0.15) is 10.4 Å². The number of rotatable bonds is 0. The Kier molecular flexibility index (Phi) is 2.54. The van der Waals surface area contributed by atoms with Crippen molar-refractivity contribution in [1.82, 2.24) is 10.2 Å². The number of carbonyl (C=O) groups excluding carboxylic acids is 1. The first-order valence-electron chi connectivity index (χ1n) is 6.84. The molecule has 2 aliphatic rings. The van der Waals surface area contributed by atoms with E-state index in [0.717, 1.165) is 0 Å². The van der Waals surface area contributed by atoms with Gasteiger partial charge in [0.05, 0.1) is 5.57 Å². The number of nitrogens with zero attached hydrogens (tertiary/aromatic N) is 2. The second kappa shape index (κ2) is 4.27. The van der Waals surface area contributed by atoms with Gasteiger partial charge in [-0.25, -0.2) is 0 Å². The molecular weight excluding hydrogens is 316 g/mol. The first-order chi connectivity index (χ1) is 11.0. The van der Waals surface area contributed by atoms with Crippen LogP contribution in [0, 0.1) is 18.3 Å². The summed E-state index contributed by atoms with van der Waals surface area (Å²) in [5.74, 6) is 0.193. The van der Waals surface area contributed by atoms with E-state index in [1.165, 1.54) is 0 Å². The number of nitriles is 1. The normalized spacial score (nSPS) is 21.5. The van der Waals surface area contributed by atoms with Crippen LogP contribution >= 0.6 is 11.6 Å². The monoisotopic (exact) mass is 326 g/mol. The van der Waals surface area contributed by atoms with E-state index >= 15 is 0 Å². The van der Waals surface area contributed by atoms with E-state index < -0.39 is 5.41 Å². The van der Waals surface area contributed by atoms with Crippen molar-refractivity contribution in [2.75, 3.05) is 10.6 Å². The zero-order valence-electron chi connectivity index (χ0n) is 12.0. The Morgan fingerprint density at radius 1 is 1.39 bits per heavy atom. The fraction of sp³-hybridized carbons (Fsp3) is 0.133. The number of fused-ring (bicyclic) bond motifs is 4. The highest BCUT2D eigenvalue weighted by Crippen LogP contribution is 2.53. The molecule has 1 atom stereocenters. The third-order valence-corrected chi connectivity index (χ3v) is 4.54. The number of carbonyl (C=O) groups is 1. The van der Waals surface area contributed by atoms with Crippen molar-refractivity contribution in [2.24, 2.45) is 5.73 Å². The van der Waals surface area contributed by atoms with Gasteiger partial charge in [-0.1, -0.05) is 11.6 Å². The van der Waals surface area contributed by atoms with E-state index in [-0.39, 0.29) is 17.3 Å². The zero-order chi connectivity index (χ0) is 16.4. The van der Waals surface area contributed by atoms with Crippen molar-refractivity contribution >= 4 is 29.0 Å². The number of halogens is 1. The molecular formula is C15H11ClN6O. The second-order valence-electron chi connectivity index (χ2n) is 5.49. The number of benzene rings is 1. The summed E-state index contributed by atoms with van der Waals surface area (Å²) in [6.07, 6.45) is 0. The minimum atomic E-state index is -1.35. The minimum Gasteiger partial charge on any atom is -0.384 e. The SMILES string of the molecule is Cc1[nH]nc2c1C1(C(=O)Nc3ccc(Cl)cc31)C(C#N)=C(N)N2. The Bertz CT molecular complexity index is 953. The molecule has 2 aliphatic heterocycles. The van der Waals surface area contributed by atoms with Crippen molar-refractivity contribution in [3.8, 4) is 6.07 Å². The fourth-order valence-corrected chi connectivity index (χ4v) is 3.58. The standard InChI is InChI=1S/C15H11ClN6O/c1-6-11-13(22-21-6)20-12(18)9(5-17)15(11)8-4-7(16)2-3-10(8)19-14(15)23/h2-4H,18H2,1H3,(H,19,23)(H2,20,21,22). The number of hydrogen-bond donors (Lipinski definition) is 4. The first-order valence-corrected chi connectivity index (χ1v) is 7.22. The van der Waals surface area contributed by atoms with Gasteiger partial charge in [0.2, 0.25) is 5.91 Å². The number of H-pyrrole nitrogens is 1. The molecule has 1 spiro atoms. The van der Waals surface area contributed by atoms with Crippen LogP contribution in [0.2, 0.25) is 5.02 Å². The van der Waals surface area contributed by atoms with Crippen LogP contribution in [0.5, 0.6) is 0 Å². The Morgan fingerprint density at radius 2 is 2.17 bits per heavy atom. The predicted molar refractivity (Wildman–Crippen MR) is 84.6 cm³/mol. The number of nitrogens with two attached hydrogens (primary N) is 1. The second-order valence-corrected chi connectivity index (χ2v) is 5.93. The lowest BCUT2D eigenvalue weighted by Crippen LogP contribution is -2.43. The molecule has 0 fully saturated rings. The molecule has 5 N–H and O–H groups in total. The summed E-state index contributed by atoms with van der Waals surface area (Å²) in [4.78, 5) is 13.0. The lowest BCUT2D eigenvalue weighted by molar-refractivity contribution is -0.118. The number of aryl methyl sites for hydroxylation is 1. The Morgan fingerprint density at radius 3 is 2.91 bits per heavy atom. The topological polar surface area (TPSA) is 120 Å². The number of anilines is 2. The average molecular weight is 327 g/mol. The van der Waals surface area contributed by atoms with Crippen LogP contribution in [0.15, 0.2) is 29.6 Å². The van der Waals surface area contributed by atoms with Crippen molar-refractivity contribution in [3.63, 3.8) is 0 Å².